The summed E-state index contributed by atoms with van der Waals surface area (Å²) in [6.07, 6.45) is 10.8. The summed E-state index contributed by atoms with van der Waals surface area (Å²) in [6, 6.07) is 0. The minimum atomic E-state index is -0.280. The molecule has 0 spiro atoms. The van der Waals surface area contributed by atoms with Crippen molar-refractivity contribution in [2.45, 2.75) is 58.5 Å². The molecule has 0 N–H and O–H groups in total. The summed E-state index contributed by atoms with van der Waals surface area (Å²) < 4.78 is 10.4. The van der Waals surface area contributed by atoms with Crippen LogP contribution < -0.4 is 0 Å². The van der Waals surface area contributed by atoms with Gasteiger partial charge < -0.3 is 9.47 Å². The lowest BCUT2D eigenvalue weighted by Crippen LogP contribution is -2.15. The Hall–Kier alpha value is -2.10. The maximum absolute atomic E-state index is 11.9. The fourth-order valence-electron chi connectivity index (χ4n) is 3.34. The molecule has 0 bridgehead atoms. The van der Waals surface area contributed by atoms with Gasteiger partial charge in [0.25, 0.3) is 0 Å². The van der Waals surface area contributed by atoms with Gasteiger partial charge in [-0.05, 0) is 58.4 Å². The lowest BCUT2D eigenvalue weighted by Gasteiger charge is -2.16. The minimum Gasteiger partial charge on any atom is -0.466 e. The molecule has 1 heterocycles. The third-order valence-electron chi connectivity index (χ3n) is 4.93. The average molecular weight is 344 g/mol. The van der Waals surface area contributed by atoms with E-state index in [1.165, 1.54) is 12.7 Å². The first-order valence-corrected chi connectivity index (χ1v) is 8.92. The quantitative estimate of drug-likeness (QED) is 0.401. The van der Waals surface area contributed by atoms with Crippen LogP contribution in [0, 0.1) is 5.92 Å². The second kappa shape index (κ2) is 8.84. The molecule has 0 unspecified atom stereocenters. The third kappa shape index (κ3) is 5.18. The Labute approximate surface area is 150 Å². The highest BCUT2D eigenvalue weighted by Crippen LogP contribution is 2.33. The van der Waals surface area contributed by atoms with Gasteiger partial charge >= 0.3 is 11.9 Å². The van der Waals surface area contributed by atoms with Gasteiger partial charge in [-0.2, -0.15) is 0 Å². The van der Waals surface area contributed by atoms with E-state index >= 15 is 0 Å². The first-order chi connectivity index (χ1) is 11.9. The molecule has 4 heteroatoms. The molecule has 1 aliphatic carbocycles. The number of fused-ring (bicyclic) bond motifs is 1. The Kier molecular flexibility index (Phi) is 6.80. The van der Waals surface area contributed by atoms with Crippen LogP contribution in [0.15, 0.2) is 47.1 Å². The number of esters is 2. The van der Waals surface area contributed by atoms with Crippen LogP contribution >= 0.6 is 0 Å². The zero-order valence-electron chi connectivity index (χ0n) is 15.5. The number of hydrogen-bond acceptors (Lipinski definition) is 4. The van der Waals surface area contributed by atoms with Crippen LogP contribution in [0.5, 0.6) is 0 Å². The summed E-state index contributed by atoms with van der Waals surface area (Å²) in [7, 11) is 1.42. The summed E-state index contributed by atoms with van der Waals surface area (Å²) in [4.78, 5) is 23.8. The van der Waals surface area contributed by atoms with Crippen molar-refractivity contribution in [3.63, 3.8) is 0 Å². The van der Waals surface area contributed by atoms with E-state index in [1.807, 2.05) is 19.1 Å². The lowest BCUT2D eigenvalue weighted by atomic mass is 9.89. The maximum atomic E-state index is 11.9. The fraction of sp³-hybridized carbons (Fsp3) is 0.524. The van der Waals surface area contributed by atoms with Crippen molar-refractivity contribution in [1.82, 2.24) is 0 Å². The van der Waals surface area contributed by atoms with Crippen LogP contribution in [0.3, 0.4) is 0 Å². The fourth-order valence-corrected chi connectivity index (χ4v) is 3.34. The third-order valence-corrected chi connectivity index (χ3v) is 4.93. The zero-order valence-corrected chi connectivity index (χ0v) is 15.5. The number of methoxy groups -OCH3 is 1. The molecule has 0 radical (unpaired) electrons. The van der Waals surface area contributed by atoms with Gasteiger partial charge in [0.15, 0.2) is 0 Å². The predicted octanol–water partition coefficient (Wildman–Crippen LogP) is 4.43. The van der Waals surface area contributed by atoms with Crippen molar-refractivity contribution in [2.24, 2.45) is 5.92 Å². The molecule has 0 amide bonds. The molecule has 1 aliphatic heterocycles. The van der Waals surface area contributed by atoms with Crippen LogP contribution in [0.25, 0.3) is 0 Å². The molecule has 2 aliphatic rings. The number of carbonyl (C=O) groups excluding carboxylic acids is 2. The highest BCUT2D eigenvalue weighted by molar-refractivity contribution is 5.91. The Morgan fingerprint density at radius 3 is 2.60 bits per heavy atom. The van der Waals surface area contributed by atoms with Crippen molar-refractivity contribution in [3.8, 4) is 0 Å². The van der Waals surface area contributed by atoms with Crippen molar-refractivity contribution in [2.75, 3.05) is 7.11 Å². The van der Waals surface area contributed by atoms with Crippen LogP contribution in [0.2, 0.25) is 0 Å². The first-order valence-electron chi connectivity index (χ1n) is 8.92. The highest BCUT2D eigenvalue weighted by atomic mass is 16.6. The van der Waals surface area contributed by atoms with Gasteiger partial charge in [-0.15, -0.1) is 0 Å². The topological polar surface area (TPSA) is 52.6 Å². The SMILES string of the molecule is C=C1C(=O)O[C@H]2/C=C(\C)CC/C=C(\C(=O)OC)CC/C=C(\C)CC[C@H]12. The Morgan fingerprint density at radius 2 is 1.88 bits per heavy atom. The molecule has 136 valence electrons. The molecule has 25 heavy (non-hydrogen) atoms. The molecular weight excluding hydrogens is 316 g/mol. The van der Waals surface area contributed by atoms with Crippen LogP contribution in [-0.4, -0.2) is 25.2 Å². The smallest absolute Gasteiger partial charge is 0.334 e. The molecule has 1 fully saturated rings. The molecule has 0 aromatic carbocycles. The van der Waals surface area contributed by atoms with E-state index in [-0.39, 0.29) is 24.0 Å². The van der Waals surface area contributed by atoms with Gasteiger partial charge in [-0.25, -0.2) is 9.59 Å². The number of hydrogen-bond donors (Lipinski definition) is 0. The molecule has 1 saturated heterocycles. The lowest BCUT2D eigenvalue weighted by molar-refractivity contribution is -0.138. The van der Waals surface area contributed by atoms with Gasteiger partial charge in [-0.3, -0.25) is 0 Å². The molecule has 2 atom stereocenters. The molecule has 4 nitrogen and oxygen atoms in total. The van der Waals surface area contributed by atoms with Crippen LogP contribution in [0.1, 0.15) is 52.4 Å². The monoisotopic (exact) mass is 344 g/mol. The molecule has 2 rings (SSSR count). The van der Waals surface area contributed by atoms with Crippen molar-refractivity contribution in [3.05, 3.63) is 47.1 Å². The summed E-state index contributed by atoms with van der Waals surface area (Å²) in [5.74, 6) is -0.478. The highest BCUT2D eigenvalue weighted by Gasteiger charge is 2.36. The Morgan fingerprint density at radius 1 is 1.16 bits per heavy atom. The van der Waals surface area contributed by atoms with E-state index in [1.54, 1.807) is 0 Å². The van der Waals surface area contributed by atoms with Gasteiger partial charge in [0, 0.05) is 17.1 Å². The molecular formula is C21H28O4. The van der Waals surface area contributed by atoms with Gasteiger partial charge in [0.1, 0.15) is 6.10 Å². The predicted molar refractivity (Wildman–Crippen MR) is 97.8 cm³/mol. The van der Waals surface area contributed by atoms with Crippen LogP contribution in [0.4, 0.5) is 0 Å². The average Bonchev–Trinajstić information content (AvgIpc) is 2.84. The minimum absolute atomic E-state index is 0.0508. The van der Waals surface area contributed by atoms with E-state index < -0.39 is 0 Å². The second-order valence-electron chi connectivity index (χ2n) is 6.90. The Bertz CT molecular complexity index is 636. The van der Waals surface area contributed by atoms with Crippen molar-refractivity contribution < 1.29 is 19.1 Å². The summed E-state index contributed by atoms with van der Waals surface area (Å²) in [5, 5.41) is 0. The zero-order chi connectivity index (χ0) is 18.4. The Balaban J connectivity index is 2.23. The van der Waals surface area contributed by atoms with E-state index in [2.05, 4.69) is 19.6 Å². The summed E-state index contributed by atoms with van der Waals surface area (Å²) >= 11 is 0. The van der Waals surface area contributed by atoms with Gasteiger partial charge in [-0.1, -0.05) is 29.9 Å². The number of allylic oxidation sites excluding steroid dienone is 4. The summed E-state index contributed by atoms with van der Waals surface area (Å²) in [5.41, 5.74) is 3.73. The molecule has 0 aromatic heterocycles. The first kappa shape index (κ1) is 19.2. The number of carbonyl (C=O) groups is 2. The summed E-state index contributed by atoms with van der Waals surface area (Å²) in [6.45, 7) is 8.05. The standard InChI is InChI=1S/C21H28O4/c1-14-7-5-9-17(21(23)24-4)10-6-8-15(2)13-19-18(12-11-14)16(3)20(22)25-19/h7,10,13,18-19H,3,5-6,8-9,11-12H2,1-2,4H3/b14-7+,15-13+,17-10-/t18-,19+/m1/s1. The molecule has 0 saturated carbocycles. The van der Waals surface area contributed by atoms with E-state index in [0.29, 0.717) is 12.0 Å². The van der Waals surface area contributed by atoms with Crippen molar-refractivity contribution >= 4 is 11.9 Å². The maximum Gasteiger partial charge on any atom is 0.334 e. The van der Waals surface area contributed by atoms with Crippen molar-refractivity contribution in [1.29, 1.82) is 0 Å². The van der Waals surface area contributed by atoms with E-state index in [0.717, 1.165) is 43.3 Å². The molecule has 0 aromatic rings. The van der Waals surface area contributed by atoms with E-state index in [4.69, 9.17) is 9.47 Å². The van der Waals surface area contributed by atoms with E-state index in [9.17, 15) is 9.59 Å². The van der Waals surface area contributed by atoms with Gasteiger partial charge in [0.2, 0.25) is 0 Å². The largest absolute Gasteiger partial charge is 0.466 e. The normalized spacial score (nSPS) is 32.0. The van der Waals surface area contributed by atoms with Crippen LogP contribution in [-0.2, 0) is 19.1 Å². The number of ether oxygens (including phenoxy) is 2. The van der Waals surface area contributed by atoms with Gasteiger partial charge in [0.05, 0.1) is 7.11 Å². The second-order valence-corrected chi connectivity index (χ2v) is 6.90. The number of rotatable bonds is 1.